The van der Waals surface area contributed by atoms with Gasteiger partial charge in [0, 0.05) is 141 Å². The molecule has 10 nitrogen and oxygen atoms in total. The molecule has 9 aliphatic carbocycles. The fourth-order valence-electron chi connectivity index (χ4n) is 15.5. The van der Waals surface area contributed by atoms with E-state index in [4.69, 9.17) is 57.6 Å². The number of hydrogen-bond donors (Lipinski definition) is 1. The Kier molecular flexibility index (Phi) is 25.6. The molecule has 0 spiro atoms. The second kappa shape index (κ2) is 30.2. The number of allylic oxidation sites excluding steroid dienone is 9. The number of ketones is 3. The predicted molar refractivity (Wildman–Crippen MR) is 383 cm³/mol. The van der Waals surface area contributed by atoms with Gasteiger partial charge in [0.15, 0.2) is 17.3 Å². The third-order valence-corrected chi connectivity index (χ3v) is 64.1. The van der Waals surface area contributed by atoms with Crippen molar-refractivity contribution in [2.75, 3.05) is 0 Å². The van der Waals surface area contributed by atoms with Crippen LogP contribution in [0.15, 0.2) is 91.2 Å². The summed E-state index contributed by atoms with van der Waals surface area (Å²) in [5.41, 5.74) is 15.1. The van der Waals surface area contributed by atoms with Gasteiger partial charge in [-0.3, -0.25) is 14.4 Å². The first-order chi connectivity index (χ1) is 39.8. The molecule has 14 atom stereocenters. The SMILES string of the molecule is CC1(C)CCCC2=C1C1CC(=O)/C(=C/O)C1C2.CC1=C(C)C(O/C=C2/C(=O)C[C@@H]3C4=C(CCCC4(C)C)C[C@H]23)OC1=O.CC1=C(C)C(O/C=C2/C(=O)C[C@@H]3C4=C(CCCC4(C)C)C[C@H]23)OC1=O.PPP(P(P)P)P(P)P.[B][B]B(B([B])[B])B([B])[B]. The van der Waals surface area contributed by atoms with Gasteiger partial charge in [-0.1, -0.05) is 82.9 Å². The Bertz CT molecular complexity index is 2740. The van der Waals surface area contributed by atoms with Crippen molar-refractivity contribution in [3.05, 3.63) is 91.2 Å². The second-order valence-corrected chi connectivity index (χ2v) is 57.2. The van der Waals surface area contributed by atoms with Crippen molar-refractivity contribution in [1.29, 1.82) is 0 Å². The quantitative estimate of drug-likeness (QED) is 0.0561. The summed E-state index contributed by atoms with van der Waals surface area (Å²) in [5.74, 6) is 1.73. The van der Waals surface area contributed by atoms with Gasteiger partial charge < -0.3 is 24.1 Å². The maximum Gasteiger partial charge on any atom is 0.337 e. The molecule has 11 aliphatic rings. The number of carbonyl (C=O) groups is 5. The summed E-state index contributed by atoms with van der Waals surface area (Å²) < 4.78 is 21.9. The number of aliphatic hydroxyl groups is 1. The van der Waals surface area contributed by atoms with Gasteiger partial charge in [-0.25, -0.2) is 9.59 Å². The Morgan fingerprint density at radius 3 is 1.12 bits per heavy atom. The van der Waals surface area contributed by atoms with E-state index in [1.165, 1.54) is 64.8 Å². The van der Waals surface area contributed by atoms with Gasteiger partial charge in [0.25, 0.3) is 12.6 Å². The van der Waals surface area contributed by atoms with Crippen LogP contribution in [0.3, 0.4) is 0 Å². The van der Waals surface area contributed by atoms with Crippen molar-refractivity contribution < 1.29 is 48.0 Å². The Morgan fingerprint density at radius 1 is 0.565 bits per heavy atom. The molecule has 3 fully saturated rings. The number of ether oxygens (including phenoxy) is 4. The molecule has 0 saturated heterocycles. The lowest BCUT2D eigenvalue weighted by molar-refractivity contribution is -0.154. The monoisotopic (exact) mass is 1310 g/mol. The van der Waals surface area contributed by atoms with E-state index in [0.29, 0.717) is 60.7 Å². The summed E-state index contributed by atoms with van der Waals surface area (Å²) in [6.07, 6.45) is 17.2. The molecule has 0 aromatic carbocycles. The molecule has 11 radical (unpaired) electrons. The highest BCUT2D eigenvalue weighted by atomic mass is 33.2. The standard InChI is InChI=1S/2C21H26O4.C15H20O2.B9.H11P9/c2*1-11-12(2)20(25-19(11)23)24-10-16-14-8-13-6-5-7-21(3,4)18(13)15(14)9-17(16)22;1-15(2)5-3-4-9-6-10-11(14(9)15)7-13(17)12(10)8-16;2*1-6-9(7(2)3)8(4)5/h2*10,14-15,20H,5-9H2,1-4H3;8,10-11,16H,3-7H2,1-2H3;;6H,1-5H2/b2*16-10+;12-8+;;/t2*14-,15-,20?;;;/m00.../s1. The van der Waals surface area contributed by atoms with Gasteiger partial charge in [-0.2, -0.15) is 0 Å². The number of esters is 2. The molecule has 10 unspecified atom stereocenters. The molecule has 0 amide bonds. The first-order valence-corrected chi connectivity index (χ1v) is 45.4. The summed E-state index contributed by atoms with van der Waals surface area (Å²) in [7, 11) is 43.1. The van der Waals surface area contributed by atoms with Crippen LogP contribution in [0.1, 0.15) is 166 Å². The topological polar surface area (TPSA) is 143 Å². The molecule has 0 aromatic rings. The van der Waals surface area contributed by atoms with Gasteiger partial charge in [-0.05, 0) is 160 Å². The molecule has 1 N–H and O–H groups in total. The minimum absolute atomic E-state index is 0.162. The number of aliphatic hydroxyl groups excluding tert-OH is 1. The number of hydrogen-bond acceptors (Lipinski definition) is 10. The van der Waals surface area contributed by atoms with Crippen molar-refractivity contribution in [3.63, 3.8) is 0 Å². The van der Waals surface area contributed by atoms with Crippen molar-refractivity contribution >= 4 is 168 Å². The first-order valence-electron chi connectivity index (χ1n) is 29.8. The number of cyclic esters (lactones) is 2. The highest BCUT2D eigenvalue weighted by Gasteiger charge is 2.53. The van der Waals surface area contributed by atoms with Gasteiger partial charge in [0.2, 0.25) is 0 Å². The molecule has 2 aliphatic heterocycles. The zero-order chi connectivity index (χ0) is 62.9. The van der Waals surface area contributed by atoms with Gasteiger partial charge in [0.1, 0.15) is 0 Å². The van der Waals surface area contributed by atoms with E-state index in [0.717, 1.165) is 55.8 Å². The molecule has 443 valence electrons. The fraction of sp³-hybridized carbons (Fsp3) is 0.632. The minimum Gasteiger partial charge on any atom is -0.515 e. The third-order valence-electron chi connectivity index (χ3n) is 19.9. The fourth-order valence-corrected chi connectivity index (χ4v) is 76.6. The van der Waals surface area contributed by atoms with Crippen LogP contribution in [0, 0.1) is 51.8 Å². The number of fused-ring (bicyclic) bond motifs is 6. The minimum atomic E-state index is -0.688. The van der Waals surface area contributed by atoms with Gasteiger partial charge in [-0.15, -0.1) is 44.6 Å². The van der Waals surface area contributed by atoms with E-state index >= 15 is 0 Å². The number of rotatable bonds is 10. The molecule has 85 heavy (non-hydrogen) atoms. The highest BCUT2D eigenvalue weighted by molar-refractivity contribution is 9.10. The molecule has 28 heteroatoms. The van der Waals surface area contributed by atoms with Gasteiger partial charge >= 0.3 is 11.9 Å². The van der Waals surface area contributed by atoms with E-state index in [2.05, 4.69) is 86.2 Å². The largest absolute Gasteiger partial charge is 0.515 e. The van der Waals surface area contributed by atoms with E-state index in [1.54, 1.807) is 59.8 Å². The van der Waals surface area contributed by atoms with E-state index < -0.39 is 25.4 Å². The van der Waals surface area contributed by atoms with Crippen LogP contribution in [-0.4, -0.2) is 112 Å². The Labute approximate surface area is 533 Å². The van der Waals surface area contributed by atoms with E-state index in [-0.39, 0.29) is 83.6 Å². The van der Waals surface area contributed by atoms with Crippen LogP contribution in [0.25, 0.3) is 0 Å². The first kappa shape index (κ1) is 72.2. The summed E-state index contributed by atoms with van der Waals surface area (Å²) in [4.78, 5) is 60.3. The maximum absolute atomic E-state index is 12.6. The molecule has 0 bridgehead atoms. The average Bonchev–Trinajstić information content (AvgIpc) is 1.68. The molecular formula is C57H83B9O10P9. The van der Waals surface area contributed by atoms with E-state index in [9.17, 15) is 29.1 Å². The lowest BCUT2D eigenvalue weighted by Gasteiger charge is -2.35. The van der Waals surface area contributed by atoms with Crippen LogP contribution >= 0.6 is 73.6 Å². The molecule has 11 rings (SSSR count). The lowest BCUT2D eigenvalue weighted by atomic mass is 8.64. The van der Waals surface area contributed by atoms with Crippen LogP contribution in [0.2, 0.25) is 0 Å². The summed E-state index contributed by atoms with van der Waals surface area (Å²) in [5, 5.41) is 9.25. The van der Waals surface area contributed by atoms with Crippen molar-refractivity contribution in [3.8, 4) is 0 Å². The normalized spacial score (nSPS) is 30.6. The predicted octanol–water partition coefficient (Wildman–Crippen LogP) is 13.4. The molecule has 0 aromatic heterocycles. The Hall–Kier alpha value is -0.276. The van der Waals surface area contributed by atoms with E-state index in [1.807, 2.05) is 13.8 Å². The Morgan fingerprint density at radius 2 is 0.882 bits per heavy atom. The van der Waals surface area contributed by atoms with Crippen LogP contribution in [0.5, 0.6) is 0 Å². The number of Topliss-reactive ketones (excluding diaryl/α,β-unsaturated/α-hetero) is 3. The zero-order valence-electron chi connectivity index (χ0n) is 51.5. The van der Waals surface area contributed by atoms with Crippen LogP contribution in [-0.2, 0) is 42.9 Å². The van der Waals surface area contributed by atoms with Crippen molar-refractivity contribution in [1.82, 2.24) is 0 Å². The summed E-state index contributed by atoms with van der Waals surface area (Å²) in [6, 6.07) is 0. The van der Waals surface area contributed by atoms with Crippen molar-refractivity contribution in [2.45, 2.75) is 178 Å². The zero-order valence-corrected chi connectivity index (χ0v) is 61.0. The summed E-state index contributed by atoms with van der Waals surface area (Å²) in [6.45, 7) is 21.7. The lowest BCUT2D eigenvalue weighted by Crippen LogP contribution is -2.55. The van der Waals surface area contributed by atoms with Crippen LogP contribution < -0.4 is 0 Å². The highest BCUT2D eigenvalue weighted by Crippen LogP contribution is 3.04. The molecule has 2 heterocycles. The Balaban J connectivity index is 0.000000162. The second-order valence-electron chi connectivity index (χ2n) is 26.6. The van der Waals surface area contributed by atoms with Crippen molar-refractivity contribution in [2.24, 2.45) is 51.8 Å². The third kappa shape index (κ3) is 16.0. The smallest absolute Gasteiger partial charge is 0.337 e. The number of carbonyl (C=O) groups excluding carboxylic acids is 5. The van der Waals surface area contributed by atoms with Gasteiger partial charge in [0.05, 0.1) is 18.8 Å². The molecular weight excluding hydrogens is 1220 g/mol. The summed E-state index contributed by atoms with van der Waals surface area (Å²) >= 11 is 0. The van der Waals surface area contributed by atoms with Crippen LogP contribution in [0.4, 0.5) is 0 Å². The maximum atomic E-state index is 12.6. The molecule has 3 saturated carbocycles. The average molecular weight is 1300 g/mol.